The lowest BCUT2D eigenvalue weighted by Gasteiger charge is -2.30. The Morgan fingerprint density at radius 1 is 1.43 bits per heavy atom. The van der Waals surface area contributed by atoms with Crippen molar-refractivity contribution in [2.75, 3.05) is 0 Å². The molecule has 0 bridgehead atoms. The second-order valence-electron chi connectivity index (χ2n) is 4.75. The topological polar surface area (TPSA) is 49.3 Å². The first kappa shape index (κ1) is 9.97. The second-order valence-corrected chi connectivity index (χ2v) is 4.75. The summed E-state index contributed by atoms with van der Waals surface area (Å²) in [5.74, 6) is 0.766. The molecule has 0 radical (unpaired) electrons. The predicted octanol–water partition coefficient (Wildman–Crippen LogP) is 1.63. The van der Waals surface area contributed by atoms with Gasteiger partial charge in [0.1, 0.15) is 6.04 Å². The molecule has 3 nitrogen and oxygen atoms in total. The van der Waals surface area contributed by atoms with Crippen LogP contribution < -0.4 is 5.32 Å². The third-order valence-electron chi connectivity index (χ3n) is 3.93. The molecule has 0 aromatic heterocycles. The zero-order chi connectivity index (χ0) is 10.1. The van der Waals surface area contributed by atoms with Gasteiger partial charge in [0.25, 0.3) is 0 Å². The largest absolute Gasteiger partial charge is 0.480 e. The molecule has 2 fully saturated rings. The van der Waals surface area contributed by atoms with Crippen LogP contribution in [0, 0.1) is 11.8 Å². The van der Waals surface area contributed by atoms with Gasteiger partial charge in [0.05, 0.1) is 0 Å². The molecule has 0 aromatic rings. The zero-order valence-corrected chi connectivity index (χ0v) is 8.70. The summed E-state index contributed by atoms with van der Waals surface area (Å²) >= 11 is 0. The molecule has 2 N–H and O–H groups in total. The molecular weight excluding hydrogens is 178 g/mol. The molecule has 0 amide bonds. The van der Waals surface area contributed by atoms with Gasteiger partial charge in [0, 0.05) is 6.04 Å². The van der Waals surface area contributed by atoms with Gasteiger partial charge in [-0.15, -0.1) is 0 Å². The van der Waals surface area contributed by atoms with Crippen LogP contribution in [0.5, 0.6) is 0 Å². The van der Waals surface area contributed by atoms with E-state index >= 15 is 0 Å². The summed E-state index contributed by atoms with van der Waals surface area (Å²) in [7, 11) is 0. The maximum absolute atomic E-state index is 10.8. The Hall–Kier alpha value is -0.570. The minimum absolute atomic E-state index is 0.277. The summed E-state index contributed by atoms with van der Waals surface area (Å²) in [5, 5.41) is 12.2. The maximum atomic E-state index is 10.8. The first-order valence-corrected chi connectivity index (χ1v) is 5.69. The van der Waals surface area contributed by atoms with Gasteiger partial charge in [0.2, 0.25) is 0 Å². The maximum Gasteiger partial charge on any atom is 0.320 e. The minimum Gasteiger partial charge on any atom is -0.480 e. The number of rotatable bonds is 2. The van der Waals surface area contributed by atoms with E-state index in [1.807, 2.05) is 0 Å². The van der Waals surface area contributed by atoms with E-state index in [2.05, 4.69) is 12.2 Å². The molecule has 0 aromatic carbocycles. The molecule has 3 heteroatoms. The summed E-state index contributed by atoms with van der Waals surface area (Å²) in [6.45, 7) is 2.23. The van der Waals surface area contributed by atoms with E-state index in [-0.39, 0.29) is 6.04 Å². The number of hydrogen-bond donors (Lipinski definition) is 2. The van der Waals surface area contributed by atoms with Crippen molar-refractivity contribution in [1.29, 1.82) is 0 Å². The van der Waals surface area contributed by atoms with E-state index in [0.29, 0.717) is 12.0 Å². The van der Waals surface area contributed by atoms with Crippen LogP contribution >= 0.6 is 0 Å². The van der Waals surface area contributed by atoms with Crippen molar-refractivity contribution in [3.05, 3.63) is 0 Å². The van der Waals surface area contributed by atoms with Crippen LogP contribution in [0.25, 0.3) is 0 Å². The van der Waals surface area contributed by atoms with Crippen LogP contribution in [0.1, 0.15) is 39.0 Å². The van der Waals surface area contributed by atoms with Gasteiger partial charge in [0.15, 0.2) is 0 Å². The molecule has 1 saturated carbocycles. The van der Waals surface area contributed by atoms with Crippen LogP contribution in [0.15, 0.2) is 0 Å². The molecule has 4 unspecified atom stereocenters. The number of carbonyl (C=O) groups is 1. The number of fused-ring (bicyclic) bond motifs is 1. The van der Waals surface area contributed by atoms with Crippen molar-refractivity contribution >= 4 is 5.97 Å². The highest BCUT2D eigenvalue weighted by Gasteiger charge is 2.40. The molecular formula is C11H19NO2. The third-order valence-corrected chi connectivity index (χ3v) is 3.93. The summed E-state index contributed by atoms with van der Waals surface area (Å²) in [4.78, 5) is 10.8. The molecule has 80 valence electrons. The lowest BCUT2D eigenvalue weighted by molar-refractivity contribution is -0.139. The van der Waals surface area contributed by atoms with Crippen molar-refractivity contribution in [1.82, 2.24) is 5.32 Å². The Bertz CT molecular complexity index is 229. The predicted molar refractivity (Wildman–Crippen MR) is 54.1 cm³/mol. The van der Waals surface area contributed by atoms with Gasteiger partial charge in [-0.2, -0.15) is 0 Å². The number of nitrogens with one attached hydrogen (secondary N) is 1. The van der Waals surface area contributed by atoms with E-state index < -0.39 is 5.97 Å². The molecule has 1 saturated heterocycles. The average molecular weight is 197 g/mol. The molecule has 14 heavy (non-hydrogen) atoms. The van der Waals surface area contributed by atoms with Gasteiger partial charge < -0.3 is 10.4 Å². The zero-order valence-electron chi connectivity index (χ0n) is 8.70. The normalized spacial score (nSPS) is 42.1. The van der Waals surface area contributed by atoms with Crippen molar-refractivity contribution in [2.24, 2.45) is 11.8 Å². The van der Waals surface area contributed by atoms with Gasteiger partial charge in [-0.25, -0.2) is 0 Å². The van der Waals surface area contributed by atoms with E-state index in [1.165, 1.54) is 25.7 Å². The van der Waals surface area contributed by atoms with Gasteiger partial charge in [-0.3, -0.25) is 4.79 Å². The quantitative estimate of drug-likeness (QED) is 0.707. The highest BCUT2D eigenvalue weighted by atomic mass is 16.4. The van der Waals surface area contributed by atoms with Gasteiger partial charge in [-0.1, -0.05) is 19.8 Å². The lowest BCUT2D eigenvalue weighted by Crippen LogP contribution is -2.38. The van der Waals surface area contributed by atoms with Crippen LogP contribution in [0.4, 0.5) is 0 Å². The summed E-state index contributed by atoms with van der Waals surface area (Å²) in [6, 6.07) is 0.204. The Morgan fingerprint density at radius 2 is 2.21 bits per heavy atom. The van der Waals surface area contributed by atoms with Crippen LogP contribution in [-0.4, -0.2) is 23.2 Å². The Labute approximate surface area is 84.9 Å². The first-order chi connectivity index (χ1) is 6.70. The number of carboxylic acid groups (broad SMARTS) is 1. The number of hydrogen-bond acceptors (Lipinski definition) is 2. The Kier molecular flexibility index (Phi) is 2.77. The standard InChI is InChI=1S/C11H19NO2/c1-2-7-3-4-8-6-10(11(13)14)12-9(8)5-7/h7-10,12H,2-6H2,1H3,(H,13,14). The van der Waals surface area contributed by atoms with E-state index in [9.17, 15) is 4.79 Å². The van der Waals surface area contributed by atoms with E-state index in [1.54, 1.807) is 0 Å². The van der Waals surface area contributed by atoms with Gasteiger partial charge >= 0.3 is 5.97 Å². The smallest absolute Gasteiger partial charge is 0.320 e. The van der Waals surface area contributed by atoms with Crippen molar-refractivity contribution < 1.29 is 9.90 Å². The highest BCUT2D eigenvalue weighted by molar-refractivity contribution is 5.74. The molecule has 2 aliphatic rings. The van der Waals surface area contributed by atoms with Crippen molar-refractivity contribution in [2.45, 2.75) is 51.1 Å². The lowest BCUT2D eigenvalue weighted by atomic mass is 9.78. The fraction of sp³-hybridized carbons (Fsp3) is 0.909. The fourth-order valence-electron chi connectivity index (χ4n) is 2.98. The Balaban J connectivity index is 1.95. The molecule has 4 atom stereocenters. The first-order valence-electron chi connectivity index (χ1n) is 5.69. The molecule has 2 rings (SSSR count). The van der Waals surface area contributed by atoms with E-state index in [4.69, 9.17) is 5.11 Å². The third kappa shape index (κ3) is 1.78. The van der Waals surface area contributed by atoms with Gasteiger partial charge in [-0.05, 0) is 31.1 Å². The second kappa shape index (κ2) is 3.89. The van der Waals surface area contributed by atoms with Crippen LogP contribution in [0.3, 0.4) is 0 Å². The van der Waals surface area contributed by atoms with Crippen LogP contribution in [-0.2, 0) is 4.79 Å². The Morgan fingerprint density at radius 3 is 2.86 bits per heavy atom. The monoisotopic (exact) mass is 197 g/mol. The summed E-state index contributed by atoms with van der Waals surface area (Å²) in [5.41, 5.74) is 0. The summed E-state index contributed by atoms with van der Waals surface area (Å²) < 4.78 is 0. The molecule has 0 spiro atoms. The number of carboxylic acids is 1. The van der Waals surface area contributed by atoms with E-state index in [0.717, 1.165) is 12.3 Å². The molecule has 1 aliphatic heterocycles. The average Bonchev–Trinajstić information content (AvgIpc) is 2.59. The van der Waals surface area contributed by atoms with Crippen molar-refractivity contribution in [3.63, 3.8) is 0 Å². The van der Waals surface area contributed by atoms with Crippen LogP contribution in [0.2, 0.25) is 0 Å². The SMILES string of the molecule is CCC1CCC2CC(C(=O)O)NC2C1. The number of aliphatic carboxylic acids is 1. The molecule has 1 heterocycles. The highest BCUT2D eigenvalue weighted by Crippen LogP contribution is 2.37. The fourth-order valence-corrected chi connectivity index (χ4v) is 2.98. The minimum atomic E-state index is -0.674. The van der Waals surface area contributed by atoms with Crippen molar-refractivity contribution in [3.8, 4) is 0 Å². The molecule has 1 aliphatic carbocycles. The summed E-state index contributed by atoms with van der Waals surface area (Å²) in [6.07, 6.45) is 5.79.